The zero-order valence-electron chi connectivity index (χ0n) is 13.2. The summed E-state index contributed by atoms with van der Waals surface area (Å²) in [5, 5.41) is 18.5. The molecular weight excluding hydrogens is 319 g/mol. The molecule has 0 aliphatic carbocycles. The number of rotatable bonds is 7. The molecule has 0 radical (unpaired) electrons. The first kappa shape index (κ1) is 17.7. The van der Waals surface area contributed by atoms with Crippen molar-refractivity contribution in [3.8, 4) is 22.6 Å². The van der Waals surface area contributed by atoms with Gasteiger partial charge in [-0.25, -0.2) is 9.18 Å². The molecule has 2 aromatic carbocycles. The lowest BCUT2D eigenvalue weighted by atomic mass is 9.98. The third-order valence-electron chi connectivity index (χ3n) is 3.42. The van der Waals surface area contributed by atoms with Crippen molar-refractivity contribution in [3.05, 3.63) is 47.3 Å². The van der Waals surface area contributed by atoms with E-state index in [1.165, 1.54) is 44.6 Å². The first-order valence-corrected chi connectivity index (χ1v) is 6.99. The lowest BCUT2D eigenvalue weighted by Crippen LogP contribution is -2.05. The number of aliphatic hydroxyl groups excluding tert-OH is 1. The van der Waals surface area contributed by atoms with Crippen LogP contribution in [0.5, 0.6) is 11.5 Å². The Balaban J connectivity index is 2.63. The number of aliphatic hydroxyl groups is 1. The summed E-state index contributed by atoms with van der Waals surface area (Å²) in [7, 11) is 2.77. The predicted molar refractivity (Wildman–Crippen MR) is 83.8 cm³/mol. The Morgan fingerprint density at radius 3 is 2.46 bits per heavy atom. The third kappa shape index (κ3) is 3.47. The summed E-state index contributed by atoms with van der Waals surface area (Å²) in [6, 6.07) is 7.10. The van der Waals surface area contributed by atoms with E-state index >= 15 is 0 Å². The number of benzene rings is 2. The normalized spacial score (nSPS) is 10.5. The van der Waals surface area contributed by atoms with Gasteiger partial charge in [0.25, 0.3) is 0 Å². The summed E-state index contributed by atoms with van der Waals surface area (Å²) in [4.78, 5) is 11.2. The maximum Gasteiger partial charge on any atom is 0.336 e. The van der Waals surface area contributed by atoms with E-state index in [1.54, 1.807) is 0 Å². The standard InChI is InChI=1S/C17H17FO6/c1-22-9-24-13-5-6-14(23-2)16(18)15(13)10-3-4-12(17(20)21)11(7-10)8-19/h3-7,19H,8-9H2,1-2H3,(H,20,21). The van der Waals surface area contributed by atoms with Crippen LogP contribution in [0, 0.1) is 5.82 Å². The van der Waals surface area contributed by atoms with Crippen molar-refractivity contribution in [3.63, 3.8) is 0 Å². The summed E-state index contributed by atoms with van der Waals surface area (Å²) in [6.07, 6.45) is 0. The zero-order valence-corrected chi connectivity index (χ0v) is 13.2. The second-order valence-electron chi connectivity index (χ2n) is 4.84. The summed E-state index contributed by atoms with van der Waals surface area (Å²) < 4.78 is 29.9. The highest BCUT2D eigenvalue weighted by Gasteiger charge is 2.19. The van der Waals surface area contributed by atoms with E-state index in [1.807, 2.05) is 0 Å². The Kier molecular flexibility index (Phi) is 5.73. The fourth-order valence-electron chi connectivity index (χ4n) is 2.30. The monoisotopic (exact) mass is 336 g/mol. The fraction of sp³-hybridized carbons (Fsp3) is 0.235. The second kappa shape index (κ2) is 7.76. The molecule has 0 heterocycles. The highest BCUT2D eigenvalue weighted by molar-refractivity contribution is 5.90. The van der Waals surface area contributed by atoms with Crippen molar-refractivity contribution in [2.75, 3.05) is 21.0 Å². The molecule has 0 unspecified atom stereocenters. The molecule has 0 bridgehead atoms. The van der Waals surface area contributed by atoms with Crippen LogP contribution >= 0.6 is 0 Å². The van der Waals surface area contributed by atoms with Gasteiger partial charge in [0.2, 0.25) is 0 Å². The quantitative estimate of drug-likeness (QED) is 0.756. The Hall–Kier alpha value is -2.64. The second-order valence-corrected chi connectivity index (χ2v) is 4.84. The SMILES string of the molecule is COCOc1ccc(OC)c(F)c1-c1ccc(C(=O)O)c(CO)c1. The number of aromatic carboxylic acids is 1. The molecule has 0 spiro atoms. The highest BCUT2D eigenvalue weighted by Crippen LogP contribution is 2.38. The molecule has 7 heteroatoms. The Morgan fingerprint density at radius 1 is 1.17 bits per heavy atom. The lowest BCUT2D eigenvalue weighted by molar-refractivity contribution is 0.0513. The minimum absolute atomic E-state index is 0.0163. The number of carboxylic acids is 1. The van der Waals surface area contributed by atoms with Gasteiger partial charge in [-0.3, -0.25) is 0 Å². The first-order valence-electron chi connectivity index (χ1n) is 6.99. The van der Waals surface area contributed by atoms with Crippen molar-refractivity contribution >= 4 is 5.97 Å². The minimum atomic E-state index is -1.17. The smallest absolute Gasteiger partial charge is 0.336 e. The Bertz CT molecular complexity index is 744. The number of carboxylic acid groups (broad SMARTS) is 1. The highest BCUT2D eigenvalue weighted by atomic mass is 19.1. The van der Waals surface area contributed by atoms with Crippen molar-refractivity contribution in [1.82, 2.24) is 0 Å². The Morgan fingerprint density at radius 2 is 1.88 bits per heavy atom. The Labute approximate surface area is 138 Å². The van der Waals surface area contributed by atoms with E-state index in [2.05, 4.69) is 0 Å². The largest absolute Gasteiger partial charge is 0.494 e. The first-order chi connectivity index (χ1) is 11.5. The van der Waals surface area contributed by atoms with Crippen LogP contribution in [-0.4, -0.2) is 37.2 Å². The van der Waals surface area contributed by atoms with Crippen LogP contribution in [0.1, 0.15) is 15.9 Å². The molecule has 0 aliphatic heterocycles. The number of halogens is 1. The summed E-state index contributed by atoms with van der Waals surface area (Å²) in [6.45, 7) is -0.575. The minimum Gasteiger partial charge on any atom is -0.494 e. The van der Waals surface area contributed by atoms with Crippen molar-refractivity contribution < 1.29 is 33.6 Å². The van der Waals surface area contributed by atoms with Gasteiger partial charge >= 0.3 is 5.97 Å². The van der Waals surface area contributed by atoms with E-state index in [9.17, 15) is 14.3 Å². The van der Waals surface area contributed by atoms with Crippen LogP contribution in [0.4, 0.5) is 4.39 Å². The fourth-order valence-corrected chi connectivity index (χ4v) is 2.30. The van der Waals surface area contributed by atoms with Gasteiger partial charge in [0.1, 0.15) is 5.75 Å². The number of carbonyl (C=O) groups is 1. The van der Waals surface area contributed by atoms with E-state index in [0.717, 1.165) is 0 Å². The van der Waals surface area contributed by atoms with Crippen molar-refractivity contribution in [1.29, 1.82) is 0 Å². The molecule has 0 aromatic heterocycles. The van der Waals surface area contributed by atoms with Crippen LogP contribution in [-0.2, 0) is 11.3 Å². The van der Waals surface area contributed by atoms with E-state index in [4.69, 9.17) is 19.3 Å². The number of hydrogen-bond acceptors (Lipinski definition) is 5. The predicted octanol–water partition coefficient (Wildman–Crippen LogP) is 2.67. The van der Waals surface area contributed by atoms with Crippen LogP contribution in [0.3, 0.4) is 0 Å². The van der Waals surface area contributed by atoms with Gasteiger partial charge in [0, 0.05) is 7.11 Å². The van der Waals surface area contributed by atoms with E-state index in [0.29, 0.717) is 5.56 Å². The number of ether oxygens (including phenoxy) is 3. The molecule has 2 aromatic rings. The number of methoxy groups -OCH3 is 2. The summed E-state index contributed by atoms with van der Waals surface area (Å²) in [5.41, 5.74) is 0.563. The van der Waals surface area contributed by atoms with Crippen LogP contribution in [0.2, 0.25) is 0 Å². The van der Waals surface area contributed by atoms with Crippen molar-refractivity contribution in [2.45, 2.75) is 6.61 Å². The van der Waals surface area contributed by atoms with Gasteiger partial charge in [-0.2, -0.15) is 0 Å². The van der Waals surface area contributed by atoms with Gasteiger partial charge < -0.3 is 24.4 Å². The molecule has 0 aliphatic rings. The maximum atomic E-state index is 14.7. The molecule has 24 heavy (non-hydrogen) atoms. The maximum absolute atomic E-state index is 14.7. The van der Waals surface area contributed by atoms with Gasteiger partial charge in [-0.1, -0.05) is 6.07 Å². The van der Waals surface area contributed by atoms with E-state index in [-0.39, 0.29) is 35.0 Å². The van der Waals surface area contributed by atoms with Crippen LogP contribution < -0.4 is 9.47 Å². The molecule has 0 fully saturated rings. The zero-order chi connectivity index (χ0) is 17.7. The van der Waals surface area contributed by atoms with Crippen LogP contribution in [0.25, 0.3) is 11.1 Å². The van der Waals surface area contributed by atoms with Gasteiger partial charge in [0.05, 0.1) is 24.8 Å². The molecule has 0 atom stereocenters. The van der Waals surface area contributed by atoms with Crippen LogP contribution in [0.15, 0.2) is 30.3 Å². The molecule has 0 saturated heterocycles. The summed E-state index contributed by atoms with van der Waals surface area (Å²) in [5.74, 6) is -1.60. The lowest BCUT2D eigenvalue weighted by Gasteiger charge is -2.15. The molecule has 2 rings (SSSR count). The van der Waals surface area contributed by atoms with Crippen molar-refractivity contribution in [2.24, 2.45) is 0 Å². The molecule has 6 nitrogen and oxygen atoms in total. The molecule has 2 N–H and O–H groups in total. The average molecular weight is 336 g/mol. The average Bonchev–Trinajstić information content (AvgIpc) is 2.59. The molecule has 128 valence electrons. The van der Waals surface area contributed by atoms with E-state index < -0.39 is 18.4 Å². The van der Waals surface area contributed by atoms with Gasteiger partial charge in [0.15, 0.2) is 18.4 Å². The summed E-state index contributed by atoms with van der Waals surface area (Å²) >= 11 is 0. The molecule has 0 amide bonds. The van der Waals surface area contributed by atoms with Gasteiger partial charge in [-0.05, 0) is 35.4 Å². The van der Waals surface area contributed by atoms with Gasteiger partial charge in [-0.15, -0.1) is 0 Å². The topological polar surface area (TPSA) is 85.2 Å². The molecule has 0 saturated carbocycles. The molecular formula is C17H17FO6. The number of hydrogen-bond donors (Lipinski definition) is 2. The third-order valence-corrected chi connectivity index (χ3v) is 3.42.